The Hall–Kier alpha value is -1.76. The maximum absolute atomic E-state index is 13.7. The molecule has 0 saturated carbocycles. The van der Waals surface area contributed by atoms with Gasteiger partial charge in [0.25, 0.3) is 0 Å². The van der Waals surface area contributed by atoms with Gasteiger partial charge in [-0.1, -0.05) is 30.3 Å². The van der Waals surface area contributed by atoms with Crippen molar-refractivity contribution in [3.05, 3.63) is 35.9 Å². The van der Waals surface area contributed by atoms with Crippen molar-refractivity contribution in [2.24, 2.45) is 5.92 Å². The van der Waals surface area contributed by atoms with Crippen LogP contribution in [0.5, 0.6) is 0 Å². The molecule has 0 radical (unpaired) electrons. The highest BCUT2D eigenvalue weighted by Gasteiger charge is 2.59. The van der Waals surface area contributed by atoms with Gasteiger partial charge in [-0.2, -0.15) is 13.2 Å². The third kappa shape index (κ3) is 4.26. The van der Waals surface area contributed by atoms with E-state index in [2.05, 4.69) is 0 Å². The van der Waals surface area contributed by atoms with Crippen molar-refractivity contribution in [1.29, 1.82) is 0 Å². The molecule has 0 aliphatic carbocycles. The number of hydrogen-bond acceptors (Lipinski definition) is 3. The molecule has 140 valence electrons. The molecule has 1 atom stereocenters. The van der Waals surface area contributed by atoms with E-state index < -0.39 is 29.4 Å². The van der Waals surface area contributed by atoms with Gasteiger partial charge in [-0.3, -0.25) is 0 Å². The first-order chi connectivity index (χ1) is 11.4. The summed E-state index contributed by atoms with van der Waals surface area (Å²) in [6.07, 6.45) is -5.25. The number of amides is 1. The van der Waals surface area contributed by atoms with Crippen LogP contribution >= 0.6 is 0 Å². The van der Waals surface area contributed by atoms with E-state index in [-0.39, 0.29) is 31.5 Å². The average Bonchev–Trinajstić information content (AvgIpc) is 2.52. The predicted octanol–water partition coefficient (Wildman–Crippen LogP) is 4.08. The molecule has 0 unspecified atom stereocenters. The number of halogens is 3. The van der Waals surface area contributed by atoms with Gasteiger partial charge in [0.2, 0.25) is 0 Å². The molecule has 0 bridgehead atoms. The highest BCUT2D eigenvalue weighted by Crippen LogP contribution is 2.47. The number of benzene rings is 1. The fourth-order valence-electron chi connectivity index (χ4n) is 3.13. The van der Waals surface area contributed by atoms with E-state index in [1.54, 1.807) is 26.8 Å². The van der Waals surface area contributed by atoms with Crippen LogP contribution in [0.3, 0.4) is 0 Å². The molecule has 1 heterocycles. The van der Waals surface area contributed by atoms with Gasteiger partial charge in [0.05, 0.1) is 0 Å². The van der Waals surface area contributed by atoms with Crippen molar-refractivity contribution >= 4 is 6.09 Å². The van der Waals surface area contributed by atoms with Crippen LogP contribution in [-0.2, 0) is 10.3 Å². The molecule has 1 aromatic carbocycles. The molecule has 1 saturated heterocycles. The summed E-state index contributed by atoms with van der Waals surface area (Å²) < 4.78 is 46.3. The van der Waals surface area contributed by atoms with Crippen LogP contribution in [0, 0.1) is 5.92 Å². The van der Waals surface area contributed by atoms with E-state index in [1.807, 2.05) is 0 Å². The van der Waals surface area contributed by atoms with E-state index >= 15 is 0 Å². The number of nitrogens with zero attached hydrogens (tertiary/aromatic N) is 1. The Labute approximate surface area is 145 Å². The van der Waals surface area contributed by atoms with E-state index in [4.69, 9.17) is 4.74 Å². The van der Waals surface area contributed by atoms with E-state index in [9.17, 15) is 23.1 Å². The average molecular weight is 359 g/mol. The van der Waals surface area contributed by atoms with Gasteiger partial charge >= 0.3 is 12.3 Å². The number of ether oxygens (including phenoxy) is 1. The quantitative estimate of drug-likeness (QED) is 0.865. The standard InChI is InChI=1S/C18H24F3NO3/c1-16(2,3)25-15(23)22-11-9-14(10-12-22)17(24,18(19,20)21)13-7-5-4-6-8-13/h4-8,14,24H,9-12H2,1-3H3/t17-/m1/s1. The zero-order valence-corrected chi connectivity index (χ0v) is 14.6. The Morgan fingerprint density at radius 2 is 1.64 bits per heavy atom. The van der Waals surface area contributed by atoms with Crippen LogP contribution in [-0.4, -0.2) is 41.0 Å². The second-order valence-corrected chi connectivity index (χ2v) is 7.37. The Balaban J connectivity index is 2.15. The summed E-state index contributed by atoms with van der Waals surface area (Å²) in [4.78, 5) is 13.4. The van der Waals surface area contributed by atoms with Gasteiger partial charge in [-0.05, 0) is 39.2 Å². The Morgan fingerprint density at radius 1 is 1.12 bits per heavy atom. The minimum Gasteiger partial charge on any atom is -0.444 e. The molecule has 25 heavy (non-hydrogen) atoms. The van der Waals surface area contributed by atoms with Crippen molar-refractivity contribution < 1.29 is 27.8 Å². The van der Waals surface area contributed by atoms with Gasteiger partial charge < -0.3 is 14.7 Å². The lowest BCUT2D eigenvalue weighted by atomic mass is 9.75. The second kappa shape index (κ2) is 6.86. The van der Waals surface area contributed by atoms with E-state index in [0.29, 0.717) is 0 Å². The summed E-state index contributed by atoms with van der Waals surface area (Å²) >= 11 is 0. The number of rotatable bonds is 2. The molecule has 1 fully saturated rings. The minimum atomic E-state index is -4.80. The summed E-state index contributed by atoms with van der Waals surface area (Å²) in [5.74, 6) is -1.02. The number of carbonyl (C=O) groups excluding carboxylic acids is 1. The van der Waals surface area contributed by atoms with Crippen LogP contribution in [0.4, 0.5) is 18.0 Å². The molecule has 1 amide bonds. The normalized spacial score (nSPS) is 19.4. The topological polar surface area (TPSA) is 49.8 Å². The molecule has 0 aromatic heterocycles. The van der Waals surface area contributed by atoms with Gasteiger partial charge in [-0.15, -0.1) is 0 Å². The summed E-state index contributed by atoms with van der Waals surface area (Å²) in [5.41, 5.74) is -3.75. The van der Waals surface area contributed by atoms with Gasteiger partial charge in [0.1, 0.15) is 5.60 Å². The van der Waals surface area contributed by atoms with Crippen LogP contribution in [0.15, 0.2) is 30.3 Å². The van der Waals surface area contributed by atoms with Crippen molar-refractivity contribution in [3.8, 4) is 0 Å². The third-order valence-corrected chi connectivity index (χ3v) is 4.38. The molecule has 0 spiro atoms. The van der Waals surface area contributed by atoms with Gasteiger partial charge in [0, 0.05) is 19.0 Å². The van der Waals surface area contributed by atoms with Crippen molar-refractivity contribution in [1.82, 2.24) is 4.90 Å². The maximum atomic E-state index is 13.7. The Bertz CT molecular complexity index is 590. The Kier molecular flexibility index (Phi) is 5.37. The number of carbonyl (C=O) groups is 1. The van der Waals surface area contributed by atoms with Crippen LogP contribution < -0.4 is 0 Å². The summed E-state index contributed by atoms with van der Waals surface area (Å²) in [7, 11) is 0. The molecule has 1 aromatic rings. The lowest BCUT2D eigenvalue weighted by molar-refractivity contribution is -0.290. The van der Waals surface area contributed by atoms with Crippen molar-refractivity contribution in [2.75, 3.05) is 13.1 Å². The summed E-state index contributed by atoms with van der Waals surface area (Å²) in [6, 6.07) is 7.12. The zero-order chi connectivity index (χ0) is 18.9. The fourth-order valence-corrected chi connectivity index (χ4v) is 3.13. The number of aliphatic hydroxyl groups is 1. The smallest absolute Gasteiger partial charge is 0.421 e. The minimum absolute atomic E-state index is 0.0458. The number of likely N-dealkylation sites (tertiary alicyclic amines) is 1. The predicted molar refractivity (Wildman–Crippen MR) is 86.9 cm³/mol. The molecular weight excluding hydrogens is 335 g/mol. The molecule has 1 aliphatic heterocycles. The van der Waals surface area contributed by atoms with Crippen molar-refractivity contribution in [3.63, 3.8) is 0 Å². The van der Waals surface area contributed by atoms with Crippen molar-refractivity contribution in [2.45, 2.75) is 51.0 Å². The number of alkyl halides is 3. The number of hydrogen-bond donors (Lipinski definition) is 1. The Morgan fingerprint density at radius 3 is 2.08 bits per heavy atom. The highest BCUT2D eigenvalue weighted by molar-refractivity contribution is 5.68. The highest BCUT2D eigenvalue weighted by atomic mass is 19.4. The summed E-state index contributed by atoms with van der Waals surface area (Å²) in [6.45, 7) is 5.43. The molecule has 4 nitrogen and oxygen atoms in total. The lowest BCUT2D eigenvalue weighted by Crippen LogP contribution is -2.53. The molecule has 2 rings (SSSR count). The molecule has 7 heteroatoms. The van der Waals surface area contributed by atoms with Gasteiger partial charge in [-0.25, -0.2) is 4.79 Å². The fraction of sp³-hybridized carbons (Fsp3) is 0.611. The largest absolute Gasteiger partial charge is 0.444 e. The van der Waals surface area contributed by atoms with Crippen LogP contribution in [0.25, 0.3) is 0 Å². The number of piperidine rings is 1. The van der Waals surface area contributed by atoms with E-state index in [0.717, 1.165) is 0 Å². The third-order valence-electron chi connectivity index (χ3n) is 4.38. The molecular formula is C18H24F3NO3. The SMILES string of the molecule is CC(C)(C)OC(=O)N1CCC([C@](O)(c2ccccc2)C(F)(F)F)CC1. The monoisotopic (exact) mass is 359 g/mol. The summed E-state index contributed by atoms with van der Waals surface area (Å²) in [5, 5.41) is 10.6. The van der Waals surface area contributed by atoms with Crippen LogP contribution in [0.1, 0.15) is 39.2 Å². The zero-order valence-electron chi connectivity index (χ0n) is 14.6. The maximum Gasteiger partial charge on any atom is 0.421 e. The molecule has 1 aliphatic rings. The van der Waals surface area contributed by atoms with Crippen LogP contribution in [0.2, 0.25) is 0 Å². The second-order valence-electron chi connectivity index (χ2n) is 7.37. The first-order valence-electron chi connectivity index (χ1n) is 8.27. The molecule has 1 N–H and O–H groups in total. The van der Waals surface area contributed by atoms with Gasteiger partial charge in [0.15, 0.2) is 5.60 Å². The first-order valence-corrected chi connectivity index (χ1v) is 8.27. The van der Waals surface area contributed by atoms with E-state index in [1.165, 1.54) is 29.2 Å². The lowest BCUT2D eigenvalue weighted by Gasteiger charge is -2.42. The first kappa shape index (κ1) is 19.6.